The van der Waals surface area contributed by atoms with Crippen LogP contribution in [0.3, 0.4) is 0 Å². The third-order valence-corrected chi connectivity index (χ3v) is 13.8. The van der Waals surface area contributed by atoms with E-state index in [9.17, 15) is 9.59 Å². The Bertz CT molecular complexity index is 1270. The second kappa shape index (κ2) is 62.6. The van der Waals surface area contributed by atoms with E-state index in [-0.39, 0.29) is 25.2 Å². The lowest BCUT2D eigenvalue weighted by atomic mass is 10.0. The maximum Gasteiger partial charge on any atom is 0.306 e. The number of unbranched alkanes of at least 4 members (excludes halogenated alkanes) is 35. The van der Waals surface area contributed by atoms with E-state index in [0.717, 1.165) is 64.2 Å². The van der Waals surface area contributed by atoms with Crippen molar-refractivity contribution in [1.82, 2.24) is 0 Å². The lowest BCUT2D eigenvalue weighted by Crippen LogP contribution is -2.30. The molecule has 0 heterocycles. The molecule has 0 spiro atoms. The number of ether oxygens (including phenoxy) is 3. The highest BCUT2D eigenvalue weighted by molar-refractivity contribution is 5.70. The van der Waals surface area contributed by atoms with Crippen LogP contribution < -0.4 is 0 Å². The highest BCUT2D eigenvalue weighted by atomic mass is 16.6. The van der Waals surface area contributed by atoms with Gasteiger partial charge in [0.2, 0.25) is 0 Å². The third kappa shape index (κ3) is 59.9. The molecule has 1 atom stereocenters. The molecule has 0 rings (SSSR count). The van der Waals surface area contributed by atoms with Crippen molar-refractivity contribution in [3.8, 4) is 0 Å². The number of esters is 2. The first-order valence-electron chi connectivity index (χ1n) is 31.5. The van der Waals surface area contributed by atoms with Crippen LogP contribution in [0.2, 0.25) is 0 Å². The van der Waals surface area contributed by atoms with Gasteiger partial charge < -0.3 is 14.2 Å². The summed E-state index contributed by atoms with van der Waals surface area (Å²) in [6.07, 6.45) is 82.4. The fourth-order valence-electron chi connectivity index (χ4n) is 9.13. The van der Waals surface area contributed by atoms with Gasteiger partial charge in [-0.05, 0) is 57.8 Å². The first-order valence-corrected chi connectivity index (χ1v) is 31.5. The summed E-state index contributed by atoms with van der Waals surface area (Å²) in [6, 6.07) is 0. The fourth-order valence-corrected chi connectivity index (χ4v) is 9.13. The van der Waals surface area contributed by atoms with Crippen LogP contribution >= 0.6 is 0 Å². The number of hydrogen-bond acceptors (Lipinski definition) is 5. The summed E-state index contributed by atoms with van der Waals surface area (Å²) in [5.74, 6) is -0.477. The smallest absolute Gasteiger partial charge is 0.306 e. The summed E-state index contributed by atoms with van der Waals surface area (Å²) in [5, 5.41) is 0. The van der Waals surface area contributed by atoms with Crippen molar-refractivity contribution < 1.29 is 23.8 Å². The molecule has 0 fully saturated rings. The van der Waals surface area contributed by atoms with Crippen molar-refractivity contribution in [3.63, 3.8) is 0 Å². The zero-order chi connectivity index (χ0) is 52.0. The van der Waals surface area contributed by atoms with E-state index in [1.807, 2.05) is 6.08 Å². The molecule has 0 saturated carbocycles. The van der Waals surface area contributed by atoms with Gasteiger partial charge in [0.05, 0.1) is 6.61 Å². The van der Waals surface area contributed by atoms with Crippen LogP contribution in [0.5, 0.6) is 0 Å². The maximum absolute atomic E-state index is 12.9. The molecule has 0 aliphatic rings. The highest BCUT2D eigenvalue weighted by Gasteiger charge is 2.17. The molecule has 0 saturated heterocycles. The van der Waals surface area contributed by atoms with Gasteiger partial charge in [0, 0.05) is 19.4 Å². The quantitative estimate of drug-likeness (QED) is 0.0345. The van der Waals surface area contributed by atoms with Gasteiger partial charge in [-0.25, -0.2) is 0 Å². The molecule has 1 unspecified atom stereocenters. The number of carbonyl (C=O) groups is 2. The molecule has 0 aromatic heterocycles. The molecule has 72 heavy (non-hydrogen) atoms. The van der Waals surface area contributed by atoms with E-state index >= 15 is 0 Å². The molecule has 0 N–H and O–H groups in total. The Kier molecular flexibility index (Phi) is 60.3. The first-order chi connectivity index (χ1) is 35.6. The van der Waals surface area contributed by atoms with Crippen LogP contribution in [0, 0.1) is 0 Å². The molecule has 0 aromatic rings. The zero-order valence-electron chi connectivity index (χ0n) is 48.2. The number of allylic oxidation sites excluding steroid dienone is 12. The van der Waals surface area contributed by atoms with Crippen LogP contribution in [0.25, 0.3) is 0 Å². The normalized spacial score (nSPS) is 12.7. The van der Waals surface area contributed by atoms with E-state index in [2.05, 4.69) is 87.6 Å². The molecule has 0 aliphatic heterocycles. The monoisotopic (exact) mass is 1000 g/mol. The second-order valence-corrected chi connectivity index (χ2v) is 20.9. The predicted molar refractivity (Wildman–Crippen MR) is 316 cm³/mol. The van der Waals surface area contributed by atoms with Crippen molar-refractivity contribution >= 4 is 11.9 Å². The molecule has 0 amide bonds. The maximum atomic E-state index is 12.9. The molecule has 0 bridgehead atoms. The molecule has 5 nitrogen and oxygen atoms in total. The SMILES string of the molecule is CC/C=C\C/C=C\C/C=C\C/C=C\C/C=C\C/C=C\CCC(=O)OCC(COCCCCCCCCCCCCCCCCCCCCCC)OC(=O)CCCCCCCCCCCCCCCCCCC. The number of carbonyl (C=O) groups excluding carboxylic acids is 2. The lowest BCUT2D eigenvalue weighted by molar-refractivity contribution is -0.162. The number of rotatable bonds is 58. The van der Waals surface area contributed by atoms with E-state index in [0.29, 0.717) is 25.9 Å². The summed E-state index contributed by atoms with van der Waals surface area (Å²) < 4.78 is 17.5. The third-order valence-electron chi connectivity index (χ3n) is 13.8. The Labute approximate surface area is 448 Å². The highest BCUT2D eigenvalue weighted by Crippen LogP contribution is 2.17. The summed E-state index contributed by atoms with van der Waals surface area (Å²) >= 11 is 0. The minimum absolute atomic E-state index is 0.0482. The van der Waals surface area contributed by atoms with Crippen molar-refractivity contribution in [3.05, 3.63) is 72.9 Å². The van der Waals surface area contributed by atoms with Gasteiger partial charge in [-0.15, -0.1) is 0 Å². The van der Waals surface area contributed by atoms with Crippen LogP contribution in [-0.2, 0) is 23.8 Å². The van der Waals surface area contributed by atoms with E-state index in [1.165, 1.54) is 212 Å². The van der Waals surface area contributed by atoms with Crippen molar-refractivity contribution in [2.75, 3.05) is 19.8 Å². The molecule has 0 radical (unpaired) electrons. The average molecular weight is 1010 g/mol. The fraction of sp³-hybridized carbons (Fsp3) is 0.791. The van der Waals surface area contributed by atoms with Crippen molar-refractivity contribution in [2.24, 2.45) is 0 Å². The van der Waals surface area contributed by atoms with Crippen LogP contribution in [0.15, 0.2) is 72.9 Å². The molecule has 418 valence electrons. The molecule has 5 heteroatoms. The van der Waals surface area contributed by atoms with E-state index in [1.54, 1.807) is 0 Å². The summed E-state index contributed by atoms with van der Waals surface area (Å²) in [7, 11) is 0. The largest absolute Gasteiger partial charge is 0.462 e. The first kappa shape index (κ1) is 69.3. The number of hydrogen-bond donors (Lipinski definition) is 0. The van der Waals surface area contributed by atoms with Gasteiger partial charge in [-0.1, -0.05) is 318 Å². The van der Waals surface area contributed by atoms with Crippen molar-refractivity contribution in [2.45, 2.75) is 322 Å². The van der Waals surface area contributed by atoms with Gasteiger partial charge in [0.1, 0.15) is 6.61 Å². The van der Waals surface area contributed by atoms with Gasteiger partial charge in [-0.3, -0.25) is 9.59 Å². The van der Waals surface area contributed by atoms with E-state index < -0.39 is 6.10 Å². The van der Waals surface area contributed by atoms with E-state index in [4.69, 9.17) is 14.2 Å². The van der Waals surface area contributed by atoms with Gasteiger partial charge in [-0.2, -0.15) is 0 Å². The Balaban J connectivity index is 4.33. The Morgan fingerprint density at radius 1 is 0.319 bits per heavy atom. The predicted octanol–water partition coefficient (Wildman–Crippen LogP) is 21.8. The Morgan fingerprint density at radius 3 is 0.972 bits per heavy atom. The van der Waals surface area contributed by atoms with Crippen LogP contribution in [0.1, 0.15) is 316 Å². The Morgan fingerprint density at radius 2 is 0.625 bits per heavy atom. The molecule has 0 aromatic carbocycles. The lowest BCUT2D eigenvalue weighted by Gasteiger charge is -2.18. The van der Waals surface area contributed by atoms with Gasteiger partial charge >= 0.3 is 11.9 Å². The van der Waals surface area contributed by atoms with Crippen molar-refractivity contribution in [1.29, 1.82) is 0 Å². The molecular weight excluding hydrogens is 885 g/mol. The van der Waals surface area contributed by atoms with Gasteiger partial charge in [0.25, 0.3) is 0 Å². The Hall–Kier alpha value is -2.66. The zero-order valence-corrected chi connectivity index (χ0v) is 48.2. The second-order valence-electron chi connectivity index (χ2n) is 20.9. The summed E-state index contributed by atoms with van der Waals surface area (Å²) in [4.78, 5) is 25.6. The summed E-state index contributed by atoms with van der Waals surface area (Å²) in [6.45, 7) is 7.70. The van der Waals surface area contributed by atoms with Crippen LogP contribution in [0.4, 0.5) is 0 Å². The minimum atomic E-state index is -0.566. The van der Waals surface area contributed by atoms with Gasteiger partial charge in [0.15, 0.2) is 6.10 Å². The average Bonchev–Trinajstić information content (AvgIpc) is 3.38. The molecular formula is C67H120O5. The topological polar surface area (TPSA) is 61.8 Å². The summed E-state index contributed by atoms with van der Waals surface area (Å²) in [5.41, 5.74) is 0. The van der Waals surface area contributed by atoms with Crippen LogP contribution in [-0.4, -0.2) is 37.9 Å². The minimum Gasteiger partial charge on any atom is -0.462 e. The molecule has 0 aliphatic carbocycles. The standard InChI is InChI=1S/C67H120O5/c1-4-7-10-13-16-19-22-25-28-31-33-35-38-41-44-47-50-53-56-59-62-70-63-65(72-67(69)61-58-55-52-49-46-43-40-36-30-27-24-21-18-15-12-9-6-3)64-71-66(68)60-57-54-51-48-45-42-39-37-34-32-29-26-23-20-17-14-11-8-5-2/h8,11,17,20,26,29,34,37,42,45,51,54,65H,4-7,9-10,12-16,18-19,21-25,27-28,30-33,35-36,38-41,43-44,46-50,52-53,55-64H2,1-3H3/b11-8-,20-17-,29-26-,37-34-,45-42-,54-51-.